The van der Waals surface area contributed by atoms with Gasteiger partial charge in [-0.25, -0.2) is 0 Å². The van der Waals surface area contributed by atoms with Gasteiger partial charge in [0, 0.05) is 0 Å². The summed E-state index contributed by atoms with van der Waals surface area (Å²) < 4.78 is 0. The summed E-state index contributed by atoms with van der Waals surface area (Å²) in [6.07, 6.45) is 18.0. The molecule has 22 valence electrons. The predicted octanol–water partition coefficient (Wildman–Crippen LogP) is 0.409. The van der Waals surface area contributed by atoms with Crippen molar-refractivity contribution in [3.05, 3.63) is 12.8 Å². The monoisotopic (exact) mass is 98.0 g/mol. The molecule has 0 amide bonds. The fraction of sp³-hybridized carbons (Fsp3) is 0. The van der Waals surface area contributed by atoms with E-state index in [-0.39, 0.29) is 21.7 Å². The Hall–Kier alpha value is -0.166. The summed E-state index contributed by atoms with van der Waals surface area (Å²) in [4.78, 5) is 0. The van der Waals surface area contributed by atoms with Gasteiger partial charge in [-0.3, -0.25) is 0 Å². The third-order valence-corrected chi connectivity index (χ3v) is 0. The second-order valence-electron chi connectivity index (χ2n) is 0. The summed E-state index contributed by atoms with van der Waals surface area (Å²) in [5.74, 6) is 0. The van der Waals surface area contributed by atoms with E-state index in [9.17, 15) is 0 Å². The van der Waals surface area contributed by atoms with Crippen molar-refractivity contribution in [3.8, 4) is 12.8 Å². The summed E-state index contributed by atoms with van der Waals surface area (Å²) in [5, 5.41) is 0. The zero-order valence-electron chi connectivity index (χ0n) is 2.65. The van der Waals surface area contributed by atoms with Crippen LogP contribution in [0.5, 0.6) is 0 Å². The second-order valence-corrected chi connectivity index (χ2v) is 0. The third kappa shape index (κ3) is 470. The fourth-order valence-corrected chi connectivity index (χ4v) is 0. The number of hydrogen-bond donors (Lipinski definition) is 0. The average Bonchev–Trinajstić information content (AvgIpc) is 1.50. The molecular formula is C4H2Ti. The molecule has 0 aromatic carbocycles. The van der Waals surface area contributed by atoms with E-state index in [0.29, 0.717) is 0 Å². The quantitative estimate of drug-likeness (QED) is 0.234. The first kappa shape index (κ1) is 21.1. The Bertz CT molecular complexity index is 19.1. The molecule has 0 atom stereocenters. The minimum absolute atomic E-state index is 0. The van der Waals surface area contributed by atoms with Gasteiger partial charge < -0.3 is 25.7 Å². The zero-order valence-corrected chi connectivity index (χ0v) is 4.22. The molecule has 5 heavy (non-hydrogen) atoms. The predicted molar refractivity (Wildman–Crippen MR) is 16.4 cm³/mol. The minimum atomic E-state index is 0. The van der Waals surface area contributed by atoms with Crippen molar-refractivity contribution in [1.82, 2.24) is 0 Å². The number of hydrogen-bond acceptors (Lipinski definition) is 0. The molecule has 0 bridgehead atoms. The van der Waals surface area contributed by atoms with Crippen LogP contribution >= 0.6 is 0 Å². The van der Waals surface area contributed by atoms with Crippen LogP contribution in [0.15, 0.2) is 0 Å². The van der Waals surface area contributed by atoms with Gasteiger partial charge >= 0.3 is 21.7 Å². The standard InChI is InChI=1S/2C2H.Ti/c2*1-2;/h2*1H;/q2*-1;+2. The van der Waals surface area contributed by atoms with Gasteiger partial charge in [0.25, 0.3) is 0 Å². The van der Waals surface area contributed by atoms with Gasteiger partial charge in [-0.1, -0.05) is 0 Å². The van der Waals surface area contributed by atoms with Gasteiger partial charge in [-0.15, -0.1) is 0 Å². The Morgan fingerprint density at radius 3 is 0.800 bits per heavy atom. The Morgan fingerprint density at radius 2 is 0.800 bits per heavy atom. The van der Waals surface area contributed by atoms with Crippen LogP contribution in [0, 0.1) is 25.7 Å². The molecule has 0 saturated carbocycles. The van der Waals surface area contributed by atoms with E-state index in [0.717, 1.165) is 0 Å². The molecule has 0 aliphatic heterocycles. The number of rotatable bonds is 0. The molecule has 0 aromatic heterocycles. The van der Waals surface area contributed by atoms with Crippen molar-refractivity contribution in [1.29, 1.82) is 0 Å². The molecule has 0 radical (unpaired) electrons. The Balaban J connectivity index is -0.0000000133. The fourth-order valence-electron chi connectivity index (χ4n) is 0. The van der Waals surface area contributed by atoms with E-state index >= 15 is 0 Å². The van der Waals surface area contributed by atoms with Gasteiger partial charge in [-0.2, -0.15) is 0 Å². The van der Waals surface area contributed by atoms with Gasteiger partial charge in [0.1, 0.15) is 0 Å². The summed E-state index contributed by atoms with van der Waals surface area (Å²) in [6.45, 7) is 0. The van der Waals surface area contributed by atoms with Gasteiger partial charge in [0.05, 0.1) is 0 Å². The van der Waals surface area contributed by atoms with Crippen molar-refractivity contribution in [2.75, 3.05) is 0 Å². The molecule has 0 N–H and O–H groups in total. The van der Waals surface area contributed by atoms with E-state index < -0.39 is 0 Å². The maximum absolute atomic E-state index is 5.25. The molecular weight excluding hydrogens is 95.9 g/mol. The van der Waals surface area contributed by atoms with Crippen LogP contribution in [0.4, 0.5) is 0 Å². The molecule has 0 saturated heterocycles. The molecule has 0 heterocycles. The summed E-state index contributed by atoms with van der Waals surface area (Å²) in [7, 11) is 0. The van der Waals surface area contributed by atoms with Crippen molar-refractivity contribution in [3.63, 3.8) is 0 Å². The van der Waals surface area contributed by atoms with E-state index in [1.165, 1.54) is 0 Å². The summed E-state index contributed by atoms with van der Waals surface area (Å²) in [5.41, 5.74) is 0. The molecule has 1 heteroatoms. The maximum atomic E-state index is 5.25. The van der Waals surface area contributed by atoms with Crippen molar-refractivity contribution >= 4 is 0 Å². The molecule has 0 spiro atoms. The second kappa shape index (κ2) is 1120. The summed E-state index contributed by atoms with van der Waals surface area (Å²) >= 11 is 0. The SMILES string of the molecule is [C-]#C.[C-]#C.[Ti+2]. The van der Waals surface area contributed by atoms with Crippen LogP contribution in [-0.2, 0) is 21.7 Å². The van der Waals surface area contributed by atoms with Crippen molar-refractivity contribution in [2.24, 2.45) is 0 Å². The van der Waals surface area contributed by atoms with E-state index in [4.69, 9.17) is 12.8 Å². The smallest absolute Gasteiger partial charge is 0.697 e. The van der Waals surface area contributed by atoms with Crippen molar-refractivity contribution in [2.45, 2.75) is 0 Å². The van der Waals surface area contributed by atoms with Crippen LogP contribution in [0.2, 0.25) is 0 Å². The zero-order chi connectivity index (χ0) is 4.00. The molecule has 0 aliphatic rings. The first-order valence-corrected chi connectivity index (χ1v) is 0.577. The van der Waals surface area contributed by atoms with Crippen LogP contribution in [-0.4, -0.2) is 0 Å². The Morgan fingerprint density at radius 1 is 0.800 bits per heavy atom. The maximum Gasteiger partial charge on any atom is 2.00 e. The number of terminal acetylenes is 2. The van der Waals surface area contributed by atoms with E-state index in [2.05, 4.69) is 12.8 Å². The van der Waals surface area contributed by atoms with Gasteiger partial charge in [0.2, 0.25) is 0 Å². The topological polar surface area (TPSA) is 0 Å². The van der Waals surface area contributed by atoms with Crippen molar-refractivity contribution < 1.29 is 21.7 Å². The van der Waals surface area contributed by atoms with Gasteiger partial charge in [0.15, 0.2) is 0 Å². The van der Waals surface area contributed by atoms with E-state index in [1.54, 1.807) is 0 Å². The molecule has 0 nitrogen and oxygen atoms in total. The average molecular weight is 97.9 g/mol. The normalized spacial score (nSPS) is 0.800. The van der Waals surface area contributed by atoms with Gasteiger partial charge in [-0.05, 0) is 0 Å². The third-order valence-electron chi connectivity index (χ3n) is 0. The first-order valence-electron chi connectivity index (χ1n) is 0.577. The van der Waals surface area contributed by atoms with Crippen LogP contribution in [0.3, 0.4) is 0 Å². The molecule has 0 aliphatic carbocycles. The molecule has 0 rings (SSSR count). The molecule has 0 fully saturated rings. The molecule has 0 aromatic rings. The largest absolute Gasteiger partial charge is 2.00 e. The first-order chi connectivity index (χ1) is 2.00. The summed E-state index contributed by atoms with van der Waals surface area (Å²) in [6, 6.07) is 0. The van der Waals surface area contributed by atoms with Crippen LogP contribution in [0.1, 0.15) is 0 Å². The Labute approximate surface area is 47.8 Å². The van der Waals surface area contributed by atoms with E-state index in [1.807, 2.05) is 0 Å². The van der Waals surface area contributed by atoms with Crippen LogP contribution in [0.25, 0.3) is 0 Å². The molecule has 0 unspecified atom stereocenters. The Kier molecular flexibility index (Phi) is 4740. The minimum Gasteiger partial charge on any atom is -0.697 e. The van der Waals surface area contributed by atoms with Crippen LogP contribution < -0.4 is 0 Å².